The van der Waals surface area contributed by atoms with Crippen molar-refractivity contribution in [3.8, 4) is 5.75 Å². The van der Waals surface area contributed by atoms with Crippen LogP contribution in [0.5, 0.6) is 5.75 Å². The number of benzene rings is 1. The molecule has 0 saturated carbocycles. The van der Waals surface area contributed by atoms with Crippen molar-refractivity contribution >= 4 is 0 Å². The molecule has 1 aliphatic heterocycles. The van der Waals surface area contributed by atoms with Crippen LogP contribution >= 0.6 is 0 Å². The van der Waals surface area contributed by atoms with Crippen molar-refractivity contribution < 1.29 is 9.47 Å². The first-order valence-corrected chi connectivity index (χ1v) is 6.44. The van der Waals surface area contributed by atoms with E-state index in [-0.39, 0.29) is 0 Å². The van der Waals surface area contributed by atoms with Crippen LogP contribution in [0, 0.1) is 12.8 Å². The summed E-state index contributed by atoms with van der Waals surface area (Å²) in [6.07, 6.45) is 3.21. The maximum absolute atomic E-state index is 5.66. The zero-order chi connectivity index (χ0) is 12.4. The van der Waals surface area contributed by atoms with Gasteiger partial charge in [0.1, 0.15) is 5.75 Å². The molecular formula is C15H22O2. The van der Waals surface area contributed by atoms with Crippen molar-refractivity contribution in [3.63, 3.8) is 0 Å². The van der Waals surface area contributed by atoms with E-state index in [1.54, 1.807) is 7.11 Å². The topological polar surface area (TPSA) is 21.8 Å². The maximum atomic E-state index is 5.66. The largest absolute Gasteiger partial charge is 0.497 e. The molecule has 1 aromatic rings. The lowest BCUT2D eigenvalue weighted by Crippen LogP contribution is -2.10. The first-order valence-electron chi connectivity index (χ1n) is 6.44. The summed E-state index contributed by atoms with van der Waals surface area (Å²) < 4.78 is 10.9. The summed E-state index contributed by atoms with van der Waals surface area (Å²) in [7, 11) is 1.71. The number of methoxy groups -OCH3 is 1. The molecule has 0 N–H and O–H groups in total. The molecule has 2 nitrogen and oxygen atoms in total. The second-order valence-corrected chi connectivity index (χ2v) is 5.02. The summed E-state index contributed by atoms with van der Waals surface area (Å²) in [6.45, 7) is 6.62. The number of hydrogen-bond acceptors (Lipinski definition) is 2. The van der Waals surface area contributed by atoms with Gasteiger partial charge in [-0.2, -0.15) is 0 Å². The van der Waals surface area contributed by atoms with E-state index >= 15 is 0 Å². The molecule has 0 radical (unpaired) electrons. The van der Waals surface area contributed by atoms with Crippen molar-refractivity contribution in [2.75, 3.05) is 7.11 Å². The van der Waals surface area contributed by atoms with E-state index < -0.39 is 0 Å². The van der Waals surface area contributed by atoms with Crippen LogP contribution in [0.25, 0.3) is 0 Å². The highest BCUT2D eigenvalue weighted by atomic mass is 16.6. The predicted molar refractivity (Wildman–Crippen MR) is 69.6 cm³/mol. The fourth-order valence-electron chi connectivity index (χ4n) is 2.47. The minimum absolute atomic E-state index is 0.474. The Morgan fingerprint density at radius 1 is 1.41 bits per heavy atom. The number of ether oxygens (including phenoxy) is 2. The van der Waals surface area contributed by atoms with E-state index in [2.05, 4.69) is 32.9 Å². The van der Waals surface area contributed by atoms with Crippen molar-refractivity contribution in [2.24, 2.45) is 5.92 Å². The van der Waals surface area contributed by atoms with Crippen LogP contribution in [0.1, 0.15) is 31.4 Å². The van der Waals surface area contributed by atoms with Gasteiger partial charge in [0.25, 0.3) is 0 Å². The number of rotatable bonds is 5. The lowest BCUT2D eigenvalue weighted by molar-refractivity contribution is 0.322. The van der Waals surface area contributed by atoms with Gasteiger partial charge < -0.3 is 9.47 Å². The molecule has 0 aromatic heterocycles. The Bertz CT molecular complexity index is 387. The van der Waals surface area contributed by atoms with Gasteiger partial charge >= 0.3 is 0 Å². The average Bonchev–Trinajstić information content (AvgIpc) is 3.11. The average molecular weight is 234 g/mol. The molecular weight excluding hydrogens is 212 g/mol. The molecule has 1 fully saturated rings. The minimum Gasteiger partial charge on any atom is -0.497 e. The van der Waals surface area contributed by atoms with Crippen LogP contribution < -0.4 is 4.74 Å². The standard InChI is InChI=1S/C15H22O2/c1-5-14-15(17-14)11(3)8-12-6-7-13(16-4)9-10(12)2/h6-7,9,11,14-15H,5,8H2,1-4H3. The molecule has 0 spiro atoms. The van der Waals surface area contributed by atoms with Crippen LogP contribution in [0.3, 0.4) is 0 Å². The van der Waals surface area contributed by atoms with E-state index in [9.17, 15) is 0 Å². The van der Waals surface area contributed by atoms with Gasteiger partial charge in [-0.15, -0.1) is 0 Å². The molecule has 0 aliphatic carbocycles. The summed E-state index contributed by atoms with van der Waals surface area (Å²) in [4.78, 5) is 0. The quantitative estimate of drug-likeness (QED) is 0.729. The van der Waals surface area contributed by atoms with Crippen LogP contribution in [0.15, 0.2) is 18.2 Å². The van der Waals surface area contributed by atoms with Gasteiger partial charge in [-0.05, 0) is 48.9 Å². The summed E-state index contributed by atoms with van der Waals surface area (Å²) in [5.74, 6) is 1.54. The summed E-state index contributed by atoms with van der Waals surface area (Å²) in [6, 6.07) is 6.32. The predicted octanol–water partition coefficient (Wildman–Crippen LogP) is 3.36. The Balaban J connectivity index is 1.99. The molecule has 0 bridgehead atoms. The Morgan fingerprint density at radius 3 is 2.71 bits per heavy atom. The first-order chi connectivity index (χ1) is 8.15. The van der Waals surface area contributed by atoms with Gasteiger partial charge in [-0.1, -0.05) is 19.9 Å². The van der Waals surface area contributed by atoms with Gasteiger partial charge in [-0.25, -0.2) is 0 Å². The highest BCUT2D eigenvalue weighted by molar-refractivity contribution is 5.35. The molecule has 94 valence electrons. The van der Waals surface area contributed by atoms with Crippen molar-refractivity contribution in [1.29, 1.82) is 0 Å². The van der Waals surface area contributed by atoms with E-state index in [4.69, 9.17) is 9.47 Å². The Hall–Kier alpha value is -1.02. The summed E-state index contributed by atoms with van der Waals surface area (Å²) in [5.41, 5.74) is 2.72. The lowest BCUT2D eigenvalue weighted by Gasteiger charge is -2.12. The molecule has 1 aromatic carbocycles. The van der Waals surface area contributed by atoms with Gasteiger partial charge in [0.05, 0.1) is 19.3 Å². The van der Waals surface area contributed by atoms with Gasteiger partial charge in [0, 0.05) is 0 Å². The molecule has 0 amide bonds. The number of epoxide rings is 1. The molecule has 3 unspecified atom stereocenters. The second-order valence-electron chi connectivity index (χ2n) is 5.02. The Labute approximate surface area is 104 Å². The third kappa shape index (κ3) is 2.81. The maximum Gasteiger partial charge on any atom is 0.119 e. The van der Waals surface area contributed by atoms with Crippen LogP contribution in [-0.4, -0.2) is 19.3 Å². The molecule has 1 aliphatic rings. The fourth-order valence-corrected chi connectivity index (χ4v) is 2.47. The number of aryl methyl sites for hydroxylation is 1. The normalized spacial score (nSPS) is 24.5. The monoisotopic (exact) mass is 234 g/mol. The van der Waals surface area contributed by atoms with Crippen LogP contribution in [0.2, 0.25) is 0 Å². The SMILES string of the molecule is CCC1OC1C(C)Cc1ccc(OC)cc1C. The molecule has 1 heterocycles. The third-order valence-corrected chi connectivity index (χ3v) is 3.68. The zero-order valence-corrected chi connectivity index (χ0v) is 11.2. The second kappa shape index (κ2) is 5.09. The number of hydrogen-bond donors (Lipinski definition) is 0. The summed E-state index contributed by atoms with van der Waals surface area (Å²) in [5, 5.41) is 0. The highest BCUT2D eigenvalue weighted by Crippen LogP contribution is 2.34. The highest BCUT2D eigenvalue weighted by Gasteiger charge is 2.41. The Kier molecular flexibility index (Phi) is 3.72. The van der Waals surface area contributed by atoms with Crippen molar-refractivity contribution in [2.45, 2.75) is 45.8 Å². The van der Waals surface area contributed by atoms with Gasteiger partial charge in [-0.3, -0.25) is 0 Å². The van der Waals surface area contributed by atoms with Crippen molar-refractivity contribution in [1.82, 2.24) is 0 Å². The van der Waals surface area contributed by atoms with Gasteiger partial charge in [0.2, 0.25) is 0 Å². The van der Waals surface area contributed by atoms with Crippen LogP contribution in [0.4, 0.5) is 0 Å². The molecule has 2 rings (SSSR count). The van der Waals surface area contributed by atoms with E-state index in [0.29, 0.717) is 18.1 Å². The third-order valence-electron chi connectivity index (χ3n) is 3.68. The molecule has 1 saturated heterocycles. The Morgan fingerprint density at radius 2 is 2.18 bits per heavy atom. The fraction of sp³-hybridized carbons (Fsp3) is 0.600. The smallest absolute Gasteiger partial charge is 0.119 e. The minimum atomic E-state index is 0.474. The molecule has 3 atom stereocenters. The lowest BCUT2D eigenvalue weighted by atomic mass is 9.93. The summed E-state index contributed by atoms with van der Waals surface area (Å²) >= 11 is 0. The van der Waals surface area contributed by atoms with Crippen LogP contribution in [-0.2, 0) is 11.2 Å². The van der Waals surface area contributed by atoms with E-state index in [0.717, 1.165) is 18.6 Å². The van der Waals surface area contributed by atoms with E-state index in [1.165, 1.54) is 11.1 Å². The van der Waals surface area contributed by atoms with E-state index in [1.807, 2.05) is 6.07 Å². The molecule has 2 heteroatoms. The first kappa shape index (κ1) is 12.4. The zero-order valence-electron chi connectivity index (χ0n) is 11.2. The van der Waals surface area contributed by atoms with Crippen molar-refractivity contribution in [3.05, 3.63) is 29.3 Å². The molecule has 17 heavy (non-hydrogen) atoms. The van der Waals surface area contributed by atoms with Gasteiger partial charge in [0.15, 0.2) is 0 Å².